The highest BCUT2D eigenvalue weighted by atomic mass is 16.5. The van der Waals surface area contributed by atoms with E-state index in [0.29, 0.717) is 17.0 Å². The topological polar surface area (TPSA) is 92.4 Å². The van der Waals surface area contributed by atoms with Crippen LogP contribution >= 0.6 is 0 Å². The minimum absolute atomic E-state index is 0.0112. The number of hydrogen-bond donors (Lipinski definition) is 2. The number of hydrogen-bond acceptors (Lipinski definition) is 4. The van der Waals surface area contributed by atoms with E-state index in [1.807, 2.05) is 13.8 Å². The first-order valence-corrected chi connectivity index (χ1v) is 5.34. The van der Waals surface area contributed by atoms with Gasteiger partial charge in [-0.25, -0.2) is 0 Å². The highest BCUT2D eigenvalue weighted by molar-refractivity contribution is 5.98. The van der Waals surface area contributed by atoms with Gasteiger partial charge in [0, 0.05) is 5.92 Å². The van der Waals surface area contributed by atoms with E-state index in [2.05, 4.69) is 10.5 Å². The number of carboxylic acid groups (broad SMARTS) is 1. The van der Waals surface area contributed by atoms with Crippen molar-refractivity contribution in [2.45, 2.75) is 39.7 Å². The number of carboxylic acids is 1. The molecule has 0 aliphatic carbocycles. The summed E-state index contributed by atoms with van der Waals surface area (Å²) < 4.78 is 5.06. The largest absolute Gasteiger partial charge is 0.480 e. The molecule has 0 aliphatic rings. The van der Waals surface area contributed by atoms with E-state index in [1.54, 1.807) is 6.92 Å². The van der Waals surface area contributed by atoms with E-state index in [9.17, 15) is 9.59 Å². The number of rotatable bonds is 4. The van der Waals surface area contributed by atoms with Gasteiger partial charge < -0.3 is 14.9 Å². The maximum atomic E-state index is 11.9. The van der Waals surface area contributed by atoms with Gasteiger partial charge in [0.05, 0.1) is 5.69 Å². The zero-order valence-electron chi connectivity index (χ0n) is 10.3. The molecule has 0 saturated carbocycles. The van der Waals surface area contributed by atoms with Gasteiger partial charge >= 0.3 is 5.97 Å². The summed E-state index contributed by atoms with van der Waals surface area (Å²) in [6, 6.07) is -0.947. The van der Waals surface area contributed by atoms with E-state index in [1.165, 1.54) is 6.92 Å². The quantitative estimate of drug-likeness (QED) is 0.827. The van der Waals surface area contributed by atoms with Crippen LogP contribution in [0.1, 0.15) is 48.5 Å². The summed E-state index contributed by atoms with van der Waals surface area (Å²) in [4.78, 5) is 22.5. The van der Waals surface area contributed by atoms with Crippen LogP contribution in [0.25, 0.3) is 0 Å². The van der Waals surface area contributed by atoms with Crippen LogP contribution in [0, 0.1) is 6.92 Å². The molecule has 6 nitrogen and oxygen atoms in total. The average Bonchev–Trinajstić information content (AvgIpc) is 2.59. The summed E-state index contributed by atoms with van der Waals surface area (Å²) in [7, 11) is 0. The van der Waals surface area contributed by atoms with E-state index in [4.69, 9.17) is 9.63 Å². The van der Waals surface area contributed by atoms with Crippen LogP contribution in [-0.4, -0.2) is 28.2 Å². The maximum absolute atomic E-state index is 11.9. The van der Waals surface area contributed by atoms with Crippen molar-refractivity contribution in [3.63, 3.8) is 0 Å². The molecular formula is C11H16N2O4. The fourth-order valence-electron chi connectivity index (χ4n) is 1.39. The molecule has 1 rings (SSSR count). The van der Waals surface area contributed by atoms with Gasteiger partial charge in [-0.1, -0.05) is 19.0 Å². The first-order chi connectivity index (χ1) is 7.84. The number of nitrogens with zero attached hydrogens (tertiary/aromatic N) is 1. The first kappa shape index (κ1) is 13.2. The lowest BCUT2D eigenvalue weighted by molar-refractivity contribution is -0.138. The van der Waals surface area contributed by atoms with Crippen LogP contribution in [0.2, 0.25) is 0 Å². The Balaban J connectivity index is 2.96. The van der Waals surface area contributed by atoms with Crippen LogP contribution in [-0.2, 0) is 4.79 Å². The van der Waals surface area contributed by atoms with Gasteiger partial charge in [0.15, 0.2) is 5.76 Å². The Kier molecular flexibility index (Phi) is 3.88. The molecule has 2 N–H and O–H groups in total. The summed E-state index contributed by atoms with van der Waals surface area (Å²) in [5.41, 5.74) is 0.789. The van der Waals surface area contributed by atoms with E-state index in [-0.39, 0.29) is 5.92 Å². The number of nitrogens with one attached hydrogen (secondary N) is 1. The van der Waals surface area contributed by atoms with Crippen LogP contribution in [0.5, 0.6) is 0 Å². The molecule has 1 atom stereocenters. The Morgan fingerprint density at radius 1 is 1.35 bits per heavy atom. The first-order valence-electron chi connectivity index (χ1n) is 5.34. The molecular weight excluding hydrogens is 224 g/mol. The predicted molar refractivity (Wildman–Crippen MR) is 59.9 cm³/mol. The molecule has 0 unspecified atom stereocenters. The second-order valence-corrected chi connectivity index (χ2v) is 4.20. The number of carbonyl (C=O) groups excluding carboxylic acids is 1. The van der Waals surface area contributed by atoms with Gasteiger partial charge in [0.25, 0.3) is 5.91 Å². The molecule has 1 aromatic heterocycles. The highest BCUT2D eigenvalue weighted by Crippen LogP contribution is 2.22. The molecule has 0 radical (unpaired) electrons. The SMILES string of the molecule is Cc1noc(C(C)C)c1C(=O)N[C@H](C)C(=O)O. The lowest BCUT2D eigenvalue weighted by Gasteiger charge is -2.10. The fraction of sp³-hybridized carbons (Fsp3) is 0.545. The van der Waals surface area contributed by atoms with Gasteiger partial charge in [-0.05, 0) is 13.8 Å². The molecule has 0 fully saturated rings. The van der Waals surface area contributed by atoms with Gasteiger partial charge in [0.2, 0.25) is 0 Å². The minimum atomic E-state index is -1.08. The number of aromatic nitrogens is 1. The summed E-state index contributed by atoms with van der Waals surface area (Å²) >= 11 is 0. The van der Waals surface area contributed by atoms with Crippen LogP contribution in [0.3, 0.4) is 0 Å². The van der Waals surface area contributed by atoms with Crippen molar-refractivity contribution in [3.8, 4) is 0 Å². The number of aliphatic carboxylic acids is 1. The van der Waals surface area contributed by atoms with Crippen LogP contribution in [0.4, 0.5) is 0 Å². The lowest BCUT2D eigenvalue weighted by Crippen LogP contribution is -2.38. The van der Waals surface area contributed by atoms with Gasteiger partial charge in [0.1, 0.15) is 11.6 Å². The second kappa shape index (κ2) is 4.99. The Morgan fingerprint density at radius 2 is 1.94 bits per heavy atom. The number of carbonyl (C=O) groups is 2. The zero-order valence-corrected chi connectivity index (χ0v) is 10.3. The molecule has 0 aliphatic heterocycles. The van der Waals surface area contributed by atoms with Gasteiger partial charge in [-0.3, -0.25) is 9.59 Å². The third kappa shape index (κ3) is 2.83. The normalized spacial score (nSPS) is 12.5. The summed E-state index contributed by atoms with van der Waals surface area (Å²) in [5, 5.41) is 14.8. The van der Waals surface area contributed by atoms with Gasteiger partial charge in [-0.15, -0.1) is 0 Å². The standard InChI is InChI=1S/C11H16N2O4/c1-5(2)9-8(6(3)13-17-9)10(14)12-7(4)11(15)16/h5,7H,1-4H3,(H,12,14)(H,15,16)/t7-/m1/s1. The Morgan fingerprint density at radius 3 is 2.41 bits per heavy atom. The average molecular weight is 240 g/mol. The van der Waals surface area contributed by atoms with Crippen molar-refractivity contribution in [2.75, 3.05) is 0 Å². The Labute approximate surface area is 99.0 Å². The van der Waals surface area contributed by atoms with Crippen LogP contribution < -0.4 is 5.32 Å². The Hall–Kier alpha value is -1.85. The summed E-state index contributed by atoms with van der Waals surface area (Å²) in [6.45, 7) is 6.79. The molecule has 0 saturated heterocycles. The van der Waals surface area contributed by atoms with Crippen LogP contribution in [0.15, 0.2) is 4.52 Å². The smallest absolute Gasteiger partial charge is 0.325 e. The van der Waals surface area contributed by atoms with Gasteiger partial charge in [-0.2, -0.15) is 0 Å². The zero-order chi connectivity index (χ0) is 13.2. The molecule has 94 valence electrons. The number of amides is 1. The molecule has 17 heavy (non-hydrogen) atoms. The number of aryl methyl sites for hydroxylation is 1. The van der Waals surface area contributed by atoms with Crippen molar-refractivity contribution in [1.82, 2.24) is 10.5 Å². The van der Waals surface area contributed by atoms with E-state index >= 15 is 0 Å². The van der Waals surface area contributed by atoms with Crippen molar-refractivity contribution in [3.05, 3.63) is 17.0 Å². The van der Waals surface area contributed by atoms with Crippen molar-refractivity contribution >= 4 is 11.9 Å². The second-order valence-electron chi connectivity index (χ2n) is 4.20. The predicted octanol–water partition coefficient (Wildman–Crippen LogP) is 1.31. The van der Waals surface area contributed by atoms with E-state index < -0.39 is 17.9 Å². The molecule has 0 spiro atoms. The molecule has 6 heteroatoms. The third-order valence-corrected chi connectivity index (χ3v) is 2.36. The Bertz CT molecular complexity index is 437. The van der Waals surface area contributed by atoms with Crippen molar-refractivity contribution < 1.29 is 19.2 Å². The molecule has 1 heterocycles. The summed E-state index contributed by atoms with van der Waals surface area (Å²) in [5.74, 6) is -1.07. The van der Waals surface area contributed by atoms with E-state index in [0.717, 1.165) is 0 Å². The molecule has 1 aromatic rings. The fourth-order valence-corrected chi connectivity index (χ4v) is 1.39. The lowest BCUT2D eigenvalue weighted by atomic mass is 10.0. The monoisotopic (exact) mass is 240 g/mol. The van der Waals surface area contributed by atoms with Crippen molar-refractivity contribution in [2.24, 2.45) is 0 Å². The highest BCUT2D eigenvalue weighted by Gasteiger charge is 2.24. The molecule has 0 bridgehead atoms. The minimum Gasteiger partial charge on any atom is -0.480 e. The van der Waals surface area contributed by atoms with Crippen molar-refractivity contribution in [1.29, 1.82) is 0 Å². The summed E-state index contributed by atoms with van der Waals surface area (Å²) in [6.07, 6.45) is 0. The molecule has 0 aromatic carbocycles. The maximum Gasteiger partial charge on any atom is 0.325 e. The molecule has 1 amide bonds. The third-order valence-electron chi connectivity index (χ3n) is 2.36.